The Morgan fingerprint density at radius 3 is 2.19 bits per heavy atom. The highest BCUT2D eigenvalue weighted by molar-refractivity contribution is 7.09. The van der Waals surface area contributed by atoms with Gasteiger partial charge < -0.3 is 15.0 Å². The van der Waals surface area contributed by atoms with Crippen molar-refractivity contribution in [2.75, 3.05) is 14.2 Å². The van der Waals surface area contributed by atoms with Gasteiger partial charge in [-0.05, 0) is 36.7 Å². The second-order valence-electron chi connectivity index (χ2n) is 10.7. The number of nitrogens with one attached hydrogen (secondary N) is 1. The van der Waals surface area contributed by atoms with Gasteiger partial charge in [-0.15, -0.1) is 11.3 Å². The molecule has 1 heterocycles. The van der Waals surface area contributed by atoms with Gasteiger partial charge in [0.15, 0.2) is 0 Å². The Balaban J connectivity index is 0.00000402. The van der Waals surface area contributed by atoms with E-state index in [4.69, 9.17) is 4.74 Å². The van der Waals surface area contributed by atoms with E-state index in [-0.39, 0.29) is 35.8 Å². The molecule has 238 valence electrons. The summed E-state index contributed by atoms with van der Waals surface area (Å²) in [6, 6.07) is 9.78. The molecule has 42 heavy (non-hydrogen) atoms. The Bertz CT molecular complexity index is 1020. The molecule has 8 heteroatoms. The van der Waals surface area contributed by atoms with Crippen LogP contribution in [-0.4, -0.2) is 53.9 Å². The van der Waals surface area contributed by atoms with Crippen LogP contribution in [0.25, 0.3) is 0 Å². The first-order valence-electron chi connectivity index (χ1n) is 15.7. The fraction of sp³-hybridized carbons (Fsp3) is 0.647. The molecule has 0 fully saturated rings. The van der Waals surface area contributed by atoms with E-state index in [1.807, 2.05) is 76.9 Å². The molecule has 2 rings (SSSR count). The summed E-state index contributed by atoms with van der Waals surface area (Å²) in [5.41, 5.74) is 1.47. The fourth-order valence-electron chi connectivity index (χ4n) is 4.62. The fourth-order valence-corrected chi connectivity index (χ4v) is 5.42. The van der Waals surface area contributed by atoms with Gasteiger partial charge in [0.25, 0.3) is 5.91 Å². The number of aryl methyl sites for hydroxylation is 1. The van der Waals surface area contributed by atoms with Crippen molar-refractivity contribution in [3.8, 4) is 0 Å². The lowest BCUT2D eigenvalue weighted by Crippen LogP contribution is -2.41. The molecular weight excluding hydrogens is 546 g/mol. The quantitative estimate of drug-likeness (QED) is 0.212. The number of hydrogen-bond acceptors (Lipinski definition) is 6. The topological polar surface area (TPSA) is 88.6 Å². The SMILES string of the molecule is CC.CC.CC[C@H](C)CC(=O)N(C)C(CCc1nc(C(=O)NC(Cc2ccccc2)CC(C)C(=O)OC)cs1)C(C)C. The molecule has 7 nitrogen and oxygen atoms in total. The molecule has 0 aliphatic heterocycles. The standard InChI is InChI=1S/C30H45N3O4S.2C2H6/c1-8-21(4)16-28(34)33(6)26(20(2)3)14-15-27-32-25(19-38-27)29(35)31-24(17-22(5)30(36)37-7)18-23-12-10-9-11-13-23;2*1-2/h9-13,19-22,24,26H,8,14-18H2,1-7H3,(H,31,35);2*1-2H3/t21-,22?,24?,26?;;/m0../s1. The number of carbonyl (C=O) groups excluding carboxylic acids is 3. The molecule has 0 saturated carbocycles. The maximum Gasteiger partial charge on any atom is 0.308 e. The molecule has 1 aromatic heterocycles. The highest BCUT2D eigenvalue weighted by Crippen LogP contribution is 2.21. The zero-order valence-corrected chi connectivity index (χ0v) is 28.8. The lowest BCUT2D eigenvalue weighted by molar-refractivity contribution is -0.145. The highest BCUT2D eigenvalue weighted by atomic mass is 32.1. The minimum absolute atomic E-state index is 0.114. The average molecular weight is 604 g/mol. The van der Waals surface area contributed by atoms with E-state index < -0.39 is 0 Å². The number of nitrogens with zero attached hydrogens (tertiary/aromatic N) is 2. The number of hydrogen-bond donors (Lipinski definition) is 1. The van der Waals surface area contributed by atoms with E-state index >= 15 is 0 Å². The number of aromatic nitrogens is 1. The molecule has 3 unspecified atom stereocenters. The van der Waals surface area contributed by atoms with Crippen molar-refractivity contribution in [2.24, 2.45) is 17.8 Å². The van der Waals surface area contributed by atoms with Crippen molar-refractivity contribution in [3.05, 3.63) is 52.0 Å². The summed E-state index contributed by atoms with van der Waals surface area (Å²) in [5.74, 6) is 0.00137. The summed E-state index contributed by atoms with van der Waals surface area (Å²) in [4.78, 5) is 44.4. The third-order valence-corrected chi connectivity index (χ3v) is 8.13. The van der Waals surface area contributed by atoms with Crippen LogP contribution >= 0.6 is 11.3 Å². The summed E-state index contributed by atoms with van der Waals surface area (Å²) >= 11 is 1.47. The molecule has 0 bridgehead atoms. The summed E-state index contributed by atoms with van der Waals surface area (Å²) in [5, 5.41) is 5.76. The van der Waals surface area contributed by atoms with E-state index in [1.165, 1.54) is 18.4 Å². The molecule has 0 saturated heterocycles. The van der Waals surface area contributed by atoms with E-state index in [1.54, 1.807) is 5.38 Å². The normalized spacial score (nSPS) is 13.3. The molecule has 0 spiro atoms. The number of benzene rings is 1. The van der Waals surface area contributed by atoms with Crippen LogP contribution < -0.4 is 5.32 Å². The number of ether oxygens (including phenoxy) is 1. The predicted molar refractivity (Wildman–Crippen MR) is 176 cm³/mol. The molecule has 0 radical (unpaired) electrons. The van der Waals surface area contributed by atoms with Crippen LogP contribution in [0.3, 0.4) is 0 Å². The largest absolute Gasteiger partial charge is 0.469 e. The molecule has 2 aromatic rings. The number of thiazole rings is 1. The molecular formula is C34H57N3O4S. The van der Waals surface area contributed by atoms with E-state index in [9.17, 15) is 14.4 Å². The van der Waals surface area contributed by atoms with Gasteiger partial charge in [0.1, 0.15) is 5.69 Å². The van der Waals surface area contributed by atoms with Crippen molar-refractivity contribution in [2.45, 2.75) is 113 Å². The van der Waals surface area contributed by atoms with Crippen LogP contribution in [0.2, 0.25) is 0 Å². The van der Waals surface area contributed by atoms with Crippen LogP contribution in [0, 0.1) is 17.8 Å². The molecule has 1 N–H and O–H groups in total. The van der Waals surface area contributed by atoms with Crippen molar-refractivity contribution >= 4 is 29.1 Å². The first-order valence-corrected chi connectivity index (χ1v) is 16.6. The third-order valence-electron chi connectivity index (χ3n) is 7.22. The number of carbonyl (C=O) groups is 3. The van der Waals surface area contributed by atoms with Gasteiger partial charge >= 0.3 is 5.97 Å². The monoisotopic (exact) mass is 603 g/mol. The van der Waals surface area contributed by atoms with E-state index in [2.05, 4.69) is 38.0 Å². The molecule has 2 amide bonds. The van der Waals surface area contributed by atoms with Crippen molar-refractivity contribution in [1.29, 1.82) is 0 Å². The van der Waals surface area contributed by atoms with Crippen molar-refractivity contribution in [3.63, 3.8) is 0 Å². The molecule has 1 aromatic carbocycles. The molecule has 0 aliphatic carbocycles. The van der Waals surface area contributed by atoms with Gasteiger partial charge in [-0.2, -0.15) is 0 Å². The summed E-state index contributed by atoms with van der Waals surface area (Å²) in [6.07, 6.45) is 4.13. The minimum atomic E-state index is -0.340. The number of rotatable bonds is 15. The zero-order chi connectivity index (χ0) is 32.2. The summed E-state index contributed by atoms with van der Waals surface area (Å²) in [6.45, 7) is 18.3. The number of methoxy groups -OCH3 is 1. The van der Waals surface area contributed by atoms with Gasteiger partial charge in [-0.3, -0.25) is 14.4 Å². The van der Waals surface area contributed by atoms with Gasteiger partial charge in [-0.1, -0.05) is 99.1 Å². The Labute approximate surface area is 259 Å². The van der Waals surface area contributed by atoms with Crippen molar-refractivity contribution < 1.29 is 19.1 Å². The maximum atomic E-state index is 13.1. The van der Waals surface area contributed by atoms with Crippen LogP contribution in [0.5, 0.6) is 0 Å². The van der Waals surface area contributed by atoms with Crippen molar-refractivity contribution in [1.82, 2.24) is 15.2 Å². The van der Waals surface area contributed by atoms with Gasteiger partial charge in [-0.25, -0.2) is 4.98 Å². The lowest BCUT2D eigenvalue weighted by atomic mass is 9.96. The summed E-state index contributed by atoms with van der Waals surface area (Å²) in [7, 11) is 3.28. The Hall–Kier alpha value is -2.74. The Morgan fingerprint density at radius 2 is 1.64 bits per heavy atom. The minimum Gasteiger partial charge on any atom is -0.469 e. The third kappa shape index (κ3) is 14.0. The second kappa shape index (κ2) is 21.9. The van der Waals surface area contributed by atoms with Crippen LogP contribution in [0.15, 0.2) is 35.7 Å². The zero-order valence-electron chi connectivity index (χ0n) is 28.0. The highest BCUT2D eigenvalue weighted by Gasteiger charge is 2.25. The molecule has 0 aliphatic rings. The maximum absolute atomic E-state index is 13.1. The lowest BCUT2D eigenvalue weighted by Gasteiger charge is -2.32. The molecule has 4 atom stereocenters. The van der Waals surface area contributed by atoms with Gasteiger partial charge in [0.05, 0.1) is 18.0 Å². The van der Waals surface area contributed by atoms with Crippen LogP contribution in [-0.2, 0) is 27.2 Å². The summed E-state index contributed by atoms with van der Waals surface area (Å²) < 4.78 is 4.89. The van der Waals surface area contributed by atoms with E-state index in [0.29, 0.717) is 43.2 Å². The first kappa shape index (κ1) is 39.3. The van der Waals surface area contributed by atoms with Gasteiger partial charge in [0.2, 0.25) is 5.91 Å². The number of esters is 1. The van der Waals surface area contributed by atoms with Crippen LogP contribution in [0.1, 0.15) is 109 Å². The predicted octanol–water partition coefficient (Wildman–Crippen LogP) is 7.59. The van der Waals surface area contributed by atoms with E-state index in [0.717, 1.165) is 23.4 Å². The van der Waals surface area contributed by atoms with Crippen LogP contribution in [0.4, 0.5) is 0 Å². The second-order valence-corrected chi connectivity index (χ2v) is 11.7. The Morgan fingerprint density at radius 1 is 1.02 bits per heavy atom. The smallest absolute Gasteiger partial charge is 0.308 e. The number of amides is 2. The first-order chi connectivity index (χ1) is 20.0. The van der Waals surface area contributed by atoms with Gasteiger partial charge in [0, 0.05) is 37.4 Å². The Kier molecular flexibility index (Phi) is 20.5. The average Bonchev–Trinajstić information content (AvgIpc) is 3.48.